The van der Waals surface area contributed by atoms with Crippen LogP contribution in [0.1, 0.15) is 71.1 Å². The minimum Gasteiger partial charge on any atom is -0.476 e. The Kier molecular flexibility index (Phi) is 5.33. The zero-order valence-corrected chi connectivity index (χ0v) is 18.1. The Labute approximate surface area is 181 Å². The minimum absolute atomic E-state index is 0.0767. The van der Waals surface area contributed by atoms with Crippen LogP contribution in [-0.2, 0) is 11.3 Å². The van der Waals surface area contributed by atoms with E-state index >= 15 is 0 Å². The number of carbonyl (C=O) groups is 3. The SMILES string of the molecule is Cc1ccc(C)c(N2C(=O)c3cc(C(=O)O)nn3CC2(C)C(=O)NC2CCCCC2)c1. The number of benzene rings is 1. The highest BCUT2D eigenvalue weighted by atomic mass is 16.4. The maximum absolute atomic E-state index is 13.6. The predicted octanol–water partition coefficient (Wildman–Crippen LogP) is 3.07. The van der Waals surface area contributed by atoms with Crippen LogP contribution in [0.3, 0.4) is 0 Å². The molecule has 4 rings (SSSR count). The first-order valence-corrected chi connectivity index (χ1v) is 10.7. The summed E-state index contributed by atoms with van der Waals surface area (Å²) < 4.78 is 1.36. The molecule has 2 N–H and O–H groups in total. The summed E-state index contributed by atoms with van der Waals surface area (Å²) in [6, 6.07) is 7.14. The maximum Gasteiger partial charge on any atom is 0.356 e. The zero-order valence-electron chi connectivity index (χ0n) is 18.1. The summed E-state index contributed by atoms with van der Waals surface area (Å²) in [4.78, 5) is 40.2. The van der Waals surface area contributed by atoms with Crippen molar-refractivity contribution in [3.63, 3.8) is 0 Å². The average Bonchev–Trinajstić information content (AvgIpc) is 3.15. The molecule has 1 atom stereocenters. The summed E-state index contributed by atoms with van der Waals surface area (Å²) in [5.74, 6) is -1.88. The highest BCUT2D eigenvalue weighted by molar-refractivity contribution is 6.12. The molecule has 2 heterocycles. The number of aryl methyl sites for hydroxylation is 2. The minimum atomic E-state index is -1.25. The summed E-state index contributed by atoms with van der Waals surface area (Å²) in [7, 11) is 0. The molecule has 8 heteroatoms. The first-order chi connectivity index (χ1) is 14.7. The topological polar surface area (TPSA) is 105 Å². The molecule has 1 unspecified atom stereocenters. The van der Waals surface area contributed by atoms with Gasteiger partial charge in [-0.15, -0.1) is 0 Å². The quantitative estimate of drug-likeness (QED) is 0.785. The molecule has 164 valence electrons. The molecule has 0 radical (unpaired) electrons. The molecule has 1 fully saturated rings. The van der Waals surface area contributed by atoms with Crippen LogP contribution in [0.25, 0.3) is 0 Å². The lowest BCUT2D eigenvalue weighted by Crippen LogP contribution is -2.65. The first-order valence-electron chi connectivity index (χ1n) is 10.7. The summed E-state index contributed by atoms with van der Waals surface area (Å²) in [5.41, 5.74) is 1.19. The molecule has 0 spiro atoms. The van der Waals surface area contributed by atoms with Crippen molar-refractivity contribution in [3.05, 3.63) is 46.8 Å². The number of rotatable bonds is 4. The fraction of sp³-hybridized carbons (Fsp3) is 0.478. The van der Waals surface area contributed by atoms with Gasteiger partial charge in [-0.3, -0.25) is 19.2 Å². The van der Waals surface area contributed by atoms with E-state index in [0.29, 0.717) is 5.69 Å². The molecular formula is C23H28N4O4. The van der Waals surface area contributed by atoms with Crippen LogP contribution in [0, 0.1) is 13.8 Å². The molecule has 1 aromatic carbocycles. The smallest absolute Gasteiger partial charge is 0.356 e. The lowest BCUT2D eigenvalue weighted by atomic mass is 9.90. The van der Waals surface area contributed by atoms with E-state index in [1.165, 1.54) is 22.1 Å². The van der Waals surface area contributed by atoms with Gasteiger partial charge in [-0.25, -0.2) is 4.79 Å². The van der Waals surface area contributed by atoms with Gasteiger partial charge < -0.3 is 10.4 Å². The van der Waals surface area contributed by atoms with Crippen molar-refractivity contribution in [1.29, 1.82) is 0 Å². The van der Waals surface area contributed by atoms with Gasteiger partial charge in [-0.05, 0) is 50.8 Å². The molecule has 0 bridgehead atoms. The number of nitrogens with one attached hydrogen (secondary N) is 1. The largest absolute Gasteiger partial charge is 0.476 e. The Morgan fingerprint density at radius 3 is 2.55 bits per heavy atom. The van der Waals surface area contributed by atoms with Crippen LogP contribution >= 0.6 is 0 Å². The number of nitrogens with zero attached hydrogens (tertiary/aromatic N) is 3. The van der Waals surface area contributed by atoms with Crippen molar-refractivity contribution >= 4 is 23.5 Å². The third-order valence-corrected chi connectivity index (χ3v) is 6.41. The van der Waals surface area contributed by atoms with Crippen molar-refractivity contribution in [2.75, 3.05) is 4.90 Å². The van der Waals surface area contributed by atoms with Gasteiger partial charge in [-0.1, -0.05) is 31.4 Å². The summed E-state index contributed by atoms with van der Waals surface area (Å²) in [6.07, 6.45) is 5.18. The highest BCUT2D eigenvalue weighted by Gasteiger charge is 2.49. The van der Waals surface area contributed by atoms with E-state index in [0.717, 1.165) is 36.8 Å². The second-order valence-electron chi connectivity index (χ2n) is 8.89. The summed E-state index contributed by atoms with van der Waals surface area (Å²) in [6.45, 7) is 5.64. The van der Waals surface area contributed by atoms with E-state index < -0.39 is 17.4 Å². The first kappa shape index (κ1) is 21.1. The van der Waals surface area contributed by atoms with E-state index in [4.69, 9.17) is 0 Å². The van der Waals surface area contributed by atoms with Crippen LogP contribution in [0.2, 0.25) is 0 Å². The van der Waals surface area contributed by atoms with Gasteiger partial charge in [-0.2, -0.15) is 5.10 Å². The lowest BCUT2D eigenvalue weighted by molar-refractivity contribution is -0.127. The number of carboxylic acid groups (broad SMARTS) is 1. The molecule has 0 saturated heterocycles. The number of hydrogen-bond acceptors (Lipinski definition) is 4. The molecule has 31 heavy (non-hydrogen) atoms. The molecule has 8 nitrogen and oxygen atoms in total. The predicted molar refractivity (Wildman–Crippen MR) is 115 cm³/mol. The molecule has 2 aliphatic rings. The molecule has 1 aliphatic heterocycles. The van der Waals surface area contributed by atoms with Crippen LogP contribution < -0.4 is 10.2 Å². The van der Waals surface area contributed by atoms with Gasteiger partial charge in [0.15, 0.2) is 5.69 Å². The van der Waals surface area contributed by atoms with Crippen LogP contribution in [0.5, 0.6) is 0 Å². The Hall–Kier alpha value is -3.16. The van der Waals surface area contributed by atoms with E-state index in [2.05, 4.69) is 10.4 Å². The Balaban J connectivity index is 1.80. The number of hydrogen-bond donors (Lipinski definition) is 2. The number of amides is 2. The van der Waals surface area contributed by atoms with Gasteiger partial charge >= 0.3 is 5.97 Å². The normalized spacial score (nSPS) is 21.6. The second kappa shape index (κ2) is 7.83. The Bertz CT molecular complexity index is 1050. The fourth-order valence-corrected chi connectivity index (χ4v) is 4.61. The van der Waals surface area contributed by atoms with Crippen LogP contribution in [0.15, 0.2) is 24.3 Å². The lowest BCUT2D eigenvalue weighted by Gasteiger charge is -2.44. The number of aromatic carboxylic acids is 1. The van der Waals surface area contributed by atoms with Crippen molar-refractivity contribution in [1.82, 2.24) is 15.1 Å². The maximum atomic E-state index is 13.6. The van der Waals surface area contributed by atoms with Gasteiger partial charge in [0.1, 0.15) is 11.2 Å². The molecule has 1 aliphatic carbocycles. The Morgan fingerprint density at radius 1 is 1.16 bits per heavy atom. The van der Waals surface area contributed by atoms with Gasteiger partial charge in [0.25, 0.3) is 5.91 Å². The number of anilines is 1. The fourth-order valence-electron chi connectivity index (χ4n) is 4.61. The second-order valence-corrected chi connectivity index (χ2v) is 8.89. The van der Waals surface area contributed by atoms with E-state index in [9.17, 15) is 19.5 Å². The van der Waals surface area contributed by atoms with Crippen molar-refractivity contribution in [2.24, 2.45) is 0 Å². The average molecular weight is 425 g/mol. The van der Waals surface area contributed by atoms with Crippen molar-refractivity contribution in [3.8, 4) is 0 Å². The molecule has 1 saturated carbocycles. The van der Waals surface area contributed by atoms with E-state index in [1.807, 2.05) is 32.0 Å². The number of carboxylic acids is 1. The monoisotopic (exact) mass is 424 g/mol. The molecular weight excluding hydrogens is 396 g/mol. The third kappa shape index (κ3) is 3.71. The number of aromatic nitrogens is 2. The number of carbonyl (C=O) groups excluding carboxylic acids is 2. The van der Waals surface area contributed by atoms with Gasteiger partial charge in [0.2, 0.25) is 5.91 Å². The number of fused-ring (bicyclic) bond motifs is 1. The van der Waals surface area contributed by atoms with Gasteiger partial charge in [0.05, 0.1) is 6.54 Å². The third-order valence-electron chi connectivity index (χ3n) is 6.41. The summed E-state index contributed by atoms with van der Waals surface area (Å²) in [5, 5.41) is 16.6. The van der Waals surface area contributed by atoms with Crippen LogP contribution in [0.4, 0.5) is 5.69 Å². The molecule has 1 aromatic heterocycles. The van der Waals surface area contributed by atoms with Crippen molar-refractivity contribution in [2.45, 2.75) is 71.0 Å². The standard InChI is InChI=1S/C23H28N4O4/c1-14-9-10-15(2)18(11-14)27-20(28)19-12-17(21(29)30)25-26(19)13-23(27,3)22(31)24-16-7-5-4-6-8-16/h9-12,16H,4-8,13H2,1-3H3,(H,24,31)(H,29,30). The van der Waals surface area contributed by atoms with E-state index in [-0.39, 0.29) is 29.9 Å². The molecule has 2 aromatic rings. The Morgan fingerprint density at radius 2 is 1.87 bits per heavy atom. The van der Waals surface area contributed by atoms with Crippen molar-refractivity contribution < 1.29 is 19.5 Å². The molecule has 2 amide bonds. The van der Waals surface area contributed by atoms with Crippen LogP contribution in [-0.4, -0.2) is 44.3 Å². The van der Waals surface area contributed by atoms with E-state index in [1.54, 1.807) is 6.92 Å². The zero-order chi connectivity index (χ0) is 22.3. The van der Waals surface area contributed by atoms with Gasteiger partial charge in [0, 0.05) is 17.8 Å². The highest BCUT2D eigenvalue weighted by Crippen LogP contribution is 2.35. The summed E-state index contributed by atoms with van der Waals surface area (Å²) >= 11 is 0.